The Morgan fingerprint density at radius 3 is 2.71 bits per heavy atom. The van der Waals surface area contributed by atoms with E-state index in [-0.39, 0.29) is 6.67 Å². The van der Waals surface area contributed by atoms with Gasteiger partial charge in [-0.25, -0.2) is 0 Å². The van der Waals surface area contributed by atoms with Gasteiger partial charge in [0.15, 0.2) is 11.5 Å². The number of rotatable bonds is 3. The summed E-state index contributed by atoms with van der Waals surface area (Å²) in [5, 5.41) is 0. The van der Waals surface area contributed by atoms with Crippen LogP contribution in [0, 0.1) is 0 Å². The second-order valence-electron chi connectivity index (χ2n) is 3.27. The molecule has 1 aliphatic heterocycles. The summed E-state index contributed by atoms with van der Waals surface area (Å²) in [5.41, 5.74) is 1.10. The maximum atomic E-state index is 12.0. The van der Waals surface area contributed by atoms with Crippen molar-refractivity contribution in [1.29, 1.82) is 0 Å². The van der Waals surface area contributed by atoms with Gasteiger partial charge in [0.25, 0.3) is 0 Å². The fourth-order valence-corrected chi connectivity index (χ4v) is 1.51. The lowest BCUT2D eigenvalue weighted by Gasteiger charge is -2.18. The van der Waals surface area contributed by atoms with Crippen LogP contribution in [0.2, 0.25) is 0 Å². The molecular weight excluding hydrogens is 183 g/mol. The first-order chi connectivity index (χ1) is 6.90. The number of fused-ring (bicyclic) bond motifs is 1. The van der Waals surface area contributed by atoms with E-state index in [1.54, 1.807) is 0 Å². The molecule has 1 aromatic rings. The van der Waals surface area contributed by atoms with Crippen LogP contribution in [0.3, 0.4) is 0 Å². The number of benzene rings is 1. The quantitative estimate of drug-likeness (QED) is 0.738. The van der Waals surface area contributed by atoms with E-state index in [0.29, 0.717) is 19.6 Å². The van der Waals surface area contributed by atoms with E-state index in [9.17, 15) is 4.39 Å². The Labute approximate surface area is 82.6 Å². The van der Waals surface area contributed by atoms with Crippen LogP contribution in [-0.2, 0) is 6.42 Å². The summed E-state index contributed by atoms with van der Waals surface area (Å²) in [4.78, 5) is 0. The van der Waals surface area contributed by atoms with Crippen molar-refractivity contribution in [2.45, 2.75) is 12.8 Å². The smallest absolute Gasteiger partial charge is 0.161 e. The minimum atomic E-state index is -0.269. The number of hydrogen-bond acceptors (Lipinski definition) is 2. The van der Waals surface area contributed by atoms with Crippen LogP contribution in [0.4, 0.5) is 4.39 Å². The third-order valence-corrected chi connectivity index (χ3v) is 2.21. The number of alkyl halides is 1. The molecule has 2 nitrogen and oxygen atoms in total. The second-order valence-corrected chi connectivity index (χ2v) is 3.27. The molecule has 0 aliphatic carbocycles. The third kappa shape index (κ3) is 1.97. The Kier molecular flexibility index (Phi) is 2.87. The molecule has 1 aliphatic rings. The Morgan fingerprint density at radius 1 is 1.14 bits per heavy atom. The lowest BCUT2D eigenvalue weighted by atomic mass is 10.1. The highest BCUT2D eigenvalue weighted by atomic mass is 19.1. The van der Waals surface area contributed by atoms with Gasteiger partial charge in [0, 0.05) is 0 Å². The average molecular weight is 196 g/mol. The van der Waals surface area contributed by atoms with Crippen molar-refractivity contribution in [3.05, 3.63) is 23.8 Å². The van der Waals surface area contributed by atoms with Crippen LogP contribution in [0.25, 0.3) is 0 Å². The minimum absolute atomic E-state index is 0.269. The predicted molar refractivity (Wildman–Crippen MR) is 51.7 cm³/mol. The van der Waals surface area contributed by atoms with Crippen LogP contribution in [0.1, 0.15) is 12.0 Å². The summed E-state index contributed by atoms with van der Waals surface area (Å²) in [6, 6.07) is 5.79. The van der Waals surface area contributed by atoms with E-state index >= 15 is 0 Å². The minimum Gasteiger partial charge on any atom is -0.486 e. The number of halogens is 1. The van der Waals surface area contributed by atoms with Gasteiger partial charge in [-0.05, 0) is 30.5 Å². The van der Waals surface area contributed by atoms with E-state index in [1.807, 2.05) is 18.2 Å². The molecule has 1 heterocycles. The van der Waals surface area contributed by atoms with Gasteiger partial charge in [0.2, 0.25) is 0 Å². The lowest BCUT2D eigenvalue weighted by Crippen LogP contribution is -2.15. The SMILES string of the molecule is FCCCc1ccc2c(c1)OCCO2. The highest BCUT2D eigenvalue weighted by Gasteiger charge is 2.11. The number of aryl methyl sites for hydroxylation is 1. The van der Waals surface area contributed by atoms with Gasteiger partial charge in [0.05, 0.1) is 6.67 Å². The third-order valence-electron chi connectivity index (χ3n) is 2.21. The Balaban J connectivity index is 2.12. The monoisotopic (exact) mass is 196 g/mol. The molecule has 0 radical (unpaired) electrons. The van der Waals surface area contributed by atoms with Gasteiger partial charge in [-0.1, -0.05) is 6.07 Å². The van der Waals surface area contributed by atoms with Crippen LogP contribution in [0.5, 0.6) is 11.5 Å². The first kappa shape index (κ1) is 9.31. The molecule has 0 N–H and O–H groups in total. The van der Waals surface area contributed by atoms with Gasteiger partial charge in [-0.2, -0.15) is 0 Å². The van der Waals surface area contributed by atoms with Crippen molar-refractivity contribution < 1.29 is 13.9 Å². The van der Waals surface area contributed by atoms with Gasteiger partial charge in [-0.3, -0.25) is 4.39 Å². The zero-order valence-corrected chi connectivity index (χ0v) is 7.96. The fraction of sp³-hybridized carbons (Fsp3) is 0.455. The maximum Gasteiger partial charge on any atom is 0.161 e. The predicted octanol–water partition coefficient (Wildman–Crippen LogP) is 2.36. The van der Waals surface area contributed by atoms with Crippen LogP contribution in [0.15, 0.2) is 18.2 Å². The van der Waals surface area contributed by atoms with E-state index in [4.69, 9.17) is 9.47 Å². The largest absolute Gasteiger partial charge is 0.486 e. The molecule has 1 aromatic carbocycles. The summed E-state index contributed by atoms with van der Waals surface area (Å²) >= 11 is 0. The molecule has 0 saturated carbocycles. The van der Waals surface area contributed by atoms with E-state index < -0.39 is 0 Å². The summed E-state index contributed by atoms with van der Waals surface area (Å²) in [6.45, 7) is 0.935. The molecular formula is C11H13FO2. The van der Waals surface area contributed by atoms with E-state index in [0.717, 1.165) is 23.5 Å². The first-order valence-electron chi connectivity index (χ1n) is 4.84. The molecule has 0 amide bonds. The molecule has 0 fully saturated rings. The van der Waals surface area contributed by atoms with Crippen molar-refractivity contribution in [2.75, 3.05) is 19.9 Å². The van der Waals surface area contributed by atoms with Gasteiger partial charge in [0.1, 0.15) is 13.2 Å². The zero-order chi connectivity index (χ0) is 9.80. The van der Waals surface area contributed by atoms with Crippen LogP contribution in [-0.4, -0.2) is 19.9 Å². The first-order valence-corrected chi connectivity index (χ1v) is 4.84. The standard InChI is InChI=1S/C11H13FO2/c12-5-1-2-9-3-4-10-11(8-9)14-7-6-13-10/h3-4,8H,1-2,5-7H2. The number of hydrogen-bond donors (Lipinski definition) is 0. The zero-order valence-electron chi connectivity index (χ0n) is 7.96. The molecule has 0 atom stereocenters. The summed E-state index contributed by atoms with van der Waals surface area (Å²) in [5.74, 6) is 1.58. The van der Waals surface area contributed by atoms with Crippen molar-refractivity contribution >= 4 is 0 Å². The molecule has 0 aromatic heterocycles. The van der Waals surface area contributed by atoms with Crippen molar-refractivity contribution in [2.24, 2.45) is 0 Å². The molecule has 76 valence electrons. The fourth-order valence-electron chi connectivity index (χ4n) is 1.51. The van der Waals surface area contributed by atoms with Gasteiger partial charge >= 0.3 is 0 Å². The molecule has 0 saturated heterocycles. The molecule has 0 spiro atoms. The average Bonchev–Trinajstić information content (AvgIpc) is 2.26. The highest BCUT2D eigenvalue weighted by Crippen LogP contribution is 2.30. The number of ether oxygens (including phenoxy) is 2. The van der Waals surface area contributed by atoms with Crippen LogP contribution >= 0.6 is 0 Å². The Bertz CT molecular complexity index is 312. The van der Waals surface area contributed by atoms with Gasteiger partial charge < -0.3 is 9.47 Å². The van der Waals surface area contributed by atoms with Crippen molar-refractivity contribution in [3.63, 3.8) is 0 Å². The summed E-state index contributed by atoms with van der Waals surface area (Å²) in [7, 11) is 0. The highest BCUT2D eigenvalue weighted by molar-refractivity contribution is 5.43. The summed E-state index contributed by atoms with van der Waals surface area (Å²) in [6.07, 6.45) is 1.33. The molecule has 3 heteroatoms. The maximum absolute atomic E-state index is 12.0. The van der Waals surface area contributed by atoms with Crippen molar-refractivity contribution in [1.82, 2.24) is 0 Å². The Morgan fingerprint density at radius 2 is 1.93 bits per heavy atom. The molecule has 2 rings (SSSR count). The molecule has 0 unspecified atom stereocenters. The van der Waals surface area contributed by atoms with E-state index in [1.165, 1.54) is 0 Å². The second kappa shape index (κ2) is 4.31. The van der Waals surface area contributed by atoms with Crippen molar-refractivity contribution in [3.8, 4) is 11.5 Å². The summed E-state index contributed by atoms with van der Waals surface area (Å²) < 4.78 is 22.8. The lowest BCUT2D eigenvalue weighted by molar-refractivity contribution is 0.171. The van der Waals surface area contributed by atoms with Gasteiger partial charge in [-0.15, -0.1) is 0 Å². The molecule has 0 bridgehead atoms. The topological polar surface area (TPSA) is 18.5 Å². The van der Waals surface area contributed by atoms with E-state index in [2.05, 4.69) is 0 Å². The Hall–Kier alpha value is -1.25. The van der Waals surface area contributed by atoms with Crippen LogP contribution < -0.4 is 9.47 Å². The normalized spacial score (nSPS) is 14.1. The molecule has 14 heavy (non-hydrogen) atoms.